The van der Waals surface area contributed by atoms with Crippen LogP contribution in [-0.4, -0.2) is 21.8 Å². The molecule has 0 bridgehead atoms. The van der Waals surface area contributed by atoms with Crippen molar-refractivity contribution in [2.24, 2.45) is 5.73 Å². The lowest BCUT2D eigenvalue weighted by molar-refractivity contribution is -0.711. The van der Waals surface area contributed by atoms with E-state index in [2.05, 4.69) is 4.84 Å². The summed E-state index contributed by atoms with van der Waals surface area (Å²) in [7, 11) is 0. The molecule has 0 aliphatic rings. The number of nitrogens with zero attached hydrogens (tertiary/aromatic N) is 1. The van der Waals surface area contributed by atoms with E-state index in [9.17, 15) is 20.3 Å². The fourth-order valence-corrected chi connectivity index (χ4v) is 1.03. The Morgan fingerprint density at radius 2 is 2.27 bits per heavy atom. The van der Waals surface area contributed by atoms with Gasteiger partial charge in [-0.1, -0.05) is 6.07 Å². The molecule has 0 aliphatic heterocycles. The molecule has 82 valence electrons. The van der Waals surface area contributed by atoms with Gasteiger partial charge in [0, 0.05) is 6.54 Å². The van der Waals surface area contributed by atoms with Crippen LogP contribution in [0.3, 0.4) is 0 Å². The number of aromatic hydroxyl groups is 1. The standard InChI is InChI=1S/C8H10N2O5/c9-4-7(12)5-1-2-6(11)8(3-5)15-10(13)14/h1-3,7,11-12H,4,9H2. The number of nitrogens with two attached hydrogens (primary N) is 1. The van der Waals surface area contributed by atoms with Crippen molar-refractivity contribution < 1.29 is 20.1 Å². The summed E-state index contributed by atoms with van der Waals surface area (Å²) < 4.78 is 0. The number of aliphatic hydroxyl groups excluding tert-OH is 1. The van der Waals surface area contributed by atoms with Crippen LogP contribution >= 0.6 is 0 Å². The topological polar surface area (TPSA) is 119 Å². The third kappa shape index (κ3) is 2.79. The summed E-state index contributed by atoms with van der Waals surface area (Å²) in [5, 5.41) is 27.6. The minimum absolute atomic E-state index is 0.0251. The average Bonchev–Trinajstić information content (AvgIpc) is 2.19. The Bertz CT molecular complexity index is 368. The zero-order chi connectivity index (χ0) is 11.4. The average molecular weight is 214 g/mol. The van der Waals surface area contributed by atoms with Gasteiger partial charge in [0.25, 0.3) is 5.09 Å². The van der Waals surface area contributed by atoms with E-state index in [1.165, 1.54) is 12.1 Å². The summed E-state index contributed by atoms with van der Waals surface area (Å²) in [6.45, 7) is -0.0251. The van der Waals surface area contributed by atoms with Crippen molar-refractivity contribution in [1.29, 1.82) is 0 Å². The van der Waals surface area contributed by atoms with Crippen molar-refractivity contribution in [2.45, 2.75) is 6.10 Å². The molecule has 0 fully saturated rings. The lowest BCUT2D eigenvalue weighted by atomic mass is 10.1. The number of hydrogen-bond donors (Lipinski definition) is 3. The van der Waals surface area contributed by atoms with Crippen LogP contribution in [0.25, 0.3) is 0 Å². The Labute approximate surface area is 84.8 Å². The molecular formula is C8H10N2O5. The van der Waals surface area contributed by atoms with Gasteiger partial charge < -0.3 is 15.9 Å². The fraction of sp³-hybridized carbons (Fsp3) is 0.250. The first-order chi connectivity index (χ1) is 7.04. The highest BCUT2D eigenvalue weighted by Crippen LogP contribution is 2.29. The first-order valence-corrected chi connectivity index (χ1v) is 4.08. The molecule has 0 radical (unpaired) electrons. The molecule has 4 N–H and O–H groups in total. The second-order valence-electron chi connectivity index (χ2n) is 2.79. The minimum Gasteiger partial charge on any atom is -0.506 e. The first-order valence-electron chi connectivity index (χ1n) is 4.08. The van der Waals surface area contributed by atoms with Crippen LogP contribution in [0.2, 0.25) is 0 Å². The molecule has 1 unspecified atom stereocenters. The fourth-order valence-electron chi connectivity index (χ4n) is 1.03. The van der Waals surface area contributed by atoms with E-state index >= 15 is 0 Å². The van der Waals surface area contributed by atoms with Gasteiger partial charge in [-0.05, 0) is 17.7 Å². The van der Waals surface area contributed by atoms with Gasteiger partial charge in [0.1, 0.15) is 5.75 Å². The number of benzene rings is 1. The van der Waals surface area contributed by atoms with Crippen molar-refractivity contribution in [1.82, 2.24) is 0 Å². The van der Waals surface area contributed by atoms with Gasteiger partial charge in [-0.25, -0.2) is 0 Å². The maximum atomic E-state index is 10.1. The Morgan fingerprint density at radius 3 is 2.80 bits per heavy atom. The third-order valence-electron chi connectivity index (χ3n) is 1.76. The lowest BCUT2D eigenvalue weighted by Gasteiger charge is -2.09. The Kier molecular flexibility index (Phi) is 3.42. The predicted molar refractivity (Wildman–Crippen MR) is 49.7 cm³/mol. The minimum atomic E-state index is -1.05. The van der Waals surface area contributed by atoms with Gasteiger partial charge in [0.2, 0.25) is 0 Å². The van der Waals surface area contributed by atoms with Gasteiger partial charge in [0.05, 0.1) is 6.10 Å². The van der Waals surface area contributed by atoms with Crippen molar-refractivity contribution in [3.63, 3.8) is 0 Å². The van der Waals surface area contributed by atoms with E-state index in [1.54, 1.807) is 0 Å². The van der Waals surface area contributed by atoms with Gasteiger partial charge in [-0.3, -0.25) is 4.84 Å². The summed E-state index contributed by atoms with van der Waals surface area (Å²) in [5.41, 5.74) is 5.55. The monoisotopic (exact) mass is 214 g/mol. The highest BCUT2D eigenvalue weighted by atomic mass is 17.0. The lowest BCUT2D eigenvalue weighted by Crippen LogP contribution is -2.12. The smallest absolute Gasteiger partial charge is 0.299 e. The molecule has 1 rings (SSSR count). The summed E-state index contributed by atoms with van der Waals surface area (Å²) in [4.78, 5) is 14.2. The molecule has 1 atom stereocenters. The molecule has 1 aromatic carbocycles. The quantitative estimate of drug-likeness (QED) is 0.477. The number of phenols is 1. The molecule has 15 heavy (non-hydrogen) atoms. The van der Waals surface area contributed by atoms with Crippen molar-refractivity contribution >= 4 is 0 Å². The molecule has 0 spiro atoms. The van der Waals surface area contributed by atoms with E-state index in [1.807, 2.05) is 0 Å². The van der Waals surface area contributed by atoms with E-state index in [0.29, 0.717) is 5.56 Å². The maximum Gasteiger partial charge on any atom is 0.299 e. The summed E-state index contributed by atoms with van der Waals surface area (Å²) in [5.74, 6) is -0.704. The molecule has 1 aromatic rings. The summed E-state index contributed by atoms with van der Waals surface area (Å²) >= 11 is 0. The largest absolute Gasteiger partial charge is 0.506 e. The molecule has 0 aromatic heterocycles. The Balaban J connectivity index is 2.99. The van der Waals surface area contributed by atoms with Crippen LogP contribution in [0, 0.1) is 10.1 Å². The van der Waals surface area contributed by atoms with Crippen LogP contribution < -0.4 is 10.6 Å². The molecular weight excluding hydrogens is 204 g/mol. The van der Waals surface area contributed by atoms with Gasteiger partial charge in [0.15, 0.2) is 5.75 Å². The summed E-state index contributed by atoms with van der Waals surface area (Å²) in [6.07, 6.45) is -0.945. The SMILES string of the molecule is NCC(O)c1ccc(O)c(O[N+](=O)[O-])c1. The zero-order valence-corrected chi connectivity index (χ0v) is 7.66. The molecule has 0 saturated heterocycles. The second kappa shape index (κ2) is 4.58. The van der Waals surface area contributed by atoms with E-state index in [0.717, 1.165) is 6.07 Å². The van der Waals surface area contributed by atoms with Crippen molar-refractivity contribution in [3.8, 4) is 11.5 Å². The predicted octanol–water partition coefficient (Wildman–Crippen LogP) is -0.0452. The normalized spacial score (nSPS) is 12.1. The first kappa shape index (κ1) is 11.2. The van der Waals surface area contributed by atoms with E-state index in [4.69, 9.17) is 5.73 Å². The van der Waals surface area contributed by atoms with Gasteiger partial charge >= 0.3 is 0 Å². The van der Waals surface area contributed by atoms with Crippen LogP contribution in [0.1, 0.15) is 11.7 Å². The number of aliphatic hydroxyl groups is 1. The zero-order valence-electron chi connectivity index (χ0n) is 7.66. The number of hydrogen-bond acceptors (Lipinski definition) is 6. The summed E-state index contributed by atoms with van der Waals surface area (Å²) in [6, 6.07) is 3.75. The van der Waals surface area contributed by atoms with Crippen LogP contribution in [0.4, 0.5) is 0 Å². The Morgan fingerprint density at radius 1 is 1.60 bits per heavy atom. The maximum absolute atomic E-state index is 10.1. The van der Waals surface area contributed by atoms with Crippen LogP contribution in [-0.2, 0) is 0 Å². The second-order valence-corrected chi connectivity index (χ2v) is 2.79. The van der Waals surface area contributed by atoms with Crippen molar-refractivity contribution in [3.05, 3.63) is 33.9 Å². The van der Waals surface area contributed by atoms with Crippen LogP contribution in [0.5, 0.6) is 11.5 Å². The van der Waals surface area contributed by atoms with Gasteiger partial charge in [-0.2, -0.15) is 0 Å². The molecule has 7 heteroatoms. The highest BCUT2D eigenvalue weighted by molar-refractivity contribution is 5.42. The Hall–Kier alpha value is -1.86. The molecule has 0 aliphatic carbocycles. The molecule has 0 saturated carbocycles. The number of rotatable bonds is 4. The van der Waals surface area contributed by atoms with Gasteiger partial charge in [-0.15, -0.1) is 10.1 Å². The third-order valence-corrected chi connectivity index (χ3v) is 1.76. The van der Waals surface area contributed by atoms with Crippen LogP contribution in [0.15, 0.2) is 18.2 Å². The number of phenolic OH excluding ortho intramolecular Hbond substituents is 1. The molecule has 0 heterocycles. The van der Waals surface area contributed by atoms with E-state index < -0.39 is 11.2 Å². The molecule has 0 amide bonds. The van der Waals surface area contributed by atoms with Crippen molar-refractivity contribution in [2.75, 3.05) is 6.54 Å². The molecule has 7 nitrogen and oxygen atoms in total. The van der Waals surface area contributed by atoms with E-state index in [-0.39, 0.29) is 18.0 Å². The highest BCUT2D eigenvalue weighted by Gasteiger charge is 2.11.